The number of para-hydroxylation sites is 1. The smallest absolute Gasteiger partial charge is 0.131 e. The fourth-order valence-electron chi connectivity index (χ4n) is 9.14. The van der Waals surface area contributed by atoms with Crippen molar-refractivity contribution >= 4 is 85.8 Å². The van der Waals surface area contributed by atoms with E-state index in [9.17, 15) is 0 Å². The van der Waals surface area contributed by atoms with Gasteiger partial charge in [0.25, 0.3) is 0 Å². The van der Waals surface area contributed by atoms with Gasteiger partial charge in [-0.15, -0.1) is 22.7 Å². The van der Waals surface area contributed by atoms with Gasteiger partial charge in [0, 0.05) is 57.9 Å². The summed E-state index contributed by atoms with van der Waals surface area (Å²) < 4.78 is 7.74. The Hall–Kier alpha value is -6.31. The predicted molar refractivity (Wildman–Crippen MR) is 243 cm³/mol. The minimum Gasteiger partial charge on any atom is -0.350 e. The molecular formula is C51H36N4S2. The largest absolute Gasteiger partial charge is 0.350 e. The van der Waals surface area contributed by atoms with Gasteiger partial charge in [-0.3, -0.25) is 5.32 Å². The molecule has 10 aromatic rings. The Morgan fingerprint density at radius 1 is 0.596 bits per heavy atom. The van der Waals surface area contributed by atoms with Crippen LogP contribution in [0.1, 0.15) is 46.7 Å². The molecule has 272 valence electrons. The number of aromatic nitrogens is 1. The molecule has 6 heteroatoms. The van der Waals surface area contributed by atoms with E-state index in [0.717, 1.165) is 29.8 Å². The molecule has 3 aromatic heterocycles. The first kappa shape index (κ1) is 32.9. The Bertz CT molecular complexity index is 3260. The van der Waals surface area contributed by atoms with Gasteiger partial charge in [0.05, 0.1) is 15.9 Å². The molecule has 12 rings (SSSR count). The van der Waals surface area contributed by atoms with E-state index in [1.165, 1.54) is 84.9 Å². The Morgan fingerprint density at radius 2 is 1.33 bits per heavy atom. The first-order valence-corrected chi connectivity index (χ1v) is 21.3. The van der Waals surface area contributed by atoms with Crippen LogP contribution in [0.3, 0.4) is 0 Å². The molecule has 7 aromatic carbocycles. The predicted octanol–water partition coefficient (Wildman–Crippen LogP) is 13.3. The third-order valence-electron chi connectivity index (χ3n) is 11.8. The summed E-state index contributed by atoms with van der Waals surface area (Å²) in [4.78, 5) is 5.15. The normalized spacial score (nSPS) is 16.7. The van der Waals surface area contributed by atoms with Crippen molar-refractivity contribution in [2.24, 2.45) is 4.99 Å². The van der Waals surface area contributed by atoms with Gasteiger partial charge in [-0.1, -0.05) is 146 Å². The summed E-state index contributed by atoms with van der Waals surface area (Å²) in [6.07, 6.45) is 6.53. The minimum absolute atomic E-state index is 0.126. The van der Waals surface area contributed by atoms with Gasteiger partial charge in [-0.25, -0.2) is 4.99 Å². The zero-order chi connectivity index (χ0) is 37.5. The Labute approximate surface area is 338 Å². The molecule has 0 bridgehead atoms. The van der Waals surface area contributed by atoms with Crippen LogP contribution >= 0.6 is 22.7 Å². The topological polar surface area (TPSA) is 41.4 Å². The second-order valence-electron chi connectivity index (χ2n) is 15.0. The molecule has 0 saturated carbocycles. The van der Waals surface area contributed by atoms with Crippen LogP contribution in [-0.2, 0) is 6.42 Å². The maximum atomic E-state index is 5.15. The summed E-state index contributed by atoms with van der Waals surface area (Å²) in [5, 5.41) is 14.2. The van der Waals surface area contributed by atoms with Gasteiger partial charge < -0.3 is 9.88 Å². The summed E-state index contributed by atoms with van der Waals surface area (Å²) in [5.41, 5.74) is 11.3. The van der Waals surface area contributed by atoms with Crippen LogP contribution in [0.2, 0.25) is 0 Å². The van der Waals surface area contributed by atoms with Crippen LogP contribution in [0.5, 0.6) is 0 Å². The Kier molecular flexibility index (Phi) is 7.58. The van der Waals surface area contributed by atoms with Crippen LogP contribution < -0.4 is 10.6 Å². The monoisotopic (exact) mass is 768 g/mol. The third kappa shape index (κ3) is 5.25. The van der Waals surface area contributed by atoms with Gasteiger partial charge in [-0.2, -0.15) is 0 Å². The quantitative estimate of drug-likeness (QED) is 0.183. The second kappa shape index (κ2) is 13.1. The number of rotatable bonds is 5. The highest BCUT2D eigenvalue weighted by atomic mass is 32.1. The fraction of sp³-hybridized carbons (Fsp3) is 0.0784. The molecule has 4 heterocycles. The number of aryl methyl sites for hydroxylation is 1. The molecule has 0 radical (unpaired) electrons. The summed E-state index contributed by atoms with van der Waals surface area (Å²) in [6, 6.07) is 57.4. The number of hydrogen-bond acceptors (Lipinski definition) is 5. The number of aliphatic imine (C=N–C) groups is 1. The number of benzene rings is 7. The highest BCUT2D eigenvalue weighted by Crippen LogP contribution is 2.46. The van der Waals surface area contributed by atoms with Gasteiger partial charge in [0.15, 0.2) is 0 Å². The van der Waals surface area contributed by atoms with Crippen LogP contribution in [0.4, 0.5) is 0 Å². The number of hydrogen-bond donors (Lipinski definition) is 2. The highest BCUT2D eigenvalue weighted by molar-refractivity contribution is 7.27. The van der Waals surface area contributed by atoms with E-state index in [4.69, 9.17) is 4.99 Å². The summed E-state index contributed by atoms with van der Waals surface area (Å²) in [5.74, 6) is 0.898. The summed E-state index contributed by atoms with van der Waals surface area (Å²) in [7, 11) is 0. The first-order valence-electron chi connectivity index (χ1n) is 19.7. The maximum Gasteiger partial charge on any atom is 0.131 e. The number of thiophene rings is 2. The van der Waals surface area contributed by atoms with Crippen molar-refractivity contribution in [3.63, 3.8) is 0 Å². The fourth-order valence-corrected chi connectivity index (χ4v) is 11.8. The number of nitrogens with one attached hydrogen (secondary N) is 2. The molecular weight excluding hydrogens is 733 g/mol. The van der Waals surface area contributed by atoms with Crippen LogP contribution in [0, 0.1) is 0 Å². The van der Waals surface area contributed by atoms with Crippen LogP contribution in [0.15, 0.2) is 169 Å². The molecule has 2 N–H and O–H groups in total. The molecule has 4 nitrogen and oxygen atoms in total. The van der Waals surface area contributed by atoms with Crippen LogP contribution in [-0.4, -0.2) is 10.4 Å². The Balaban J connectivity index is 0.975. The molecule has 0 spiro atoms. The van der Waals surface area contributed by atoms with Gasteiger partial charge in [0.2, 0.25) is 0 Å². The molecule has 1 aliphatic carbocycles. The van der Waals surface area contributed by atoms with Crippen molar-refractivity contribution in [1.82, 2.24) is 15.2 Å². The van der Waals surface area contributed by atoms with E-state index >= 15 is 0 Å². The molecule has 57 heavy (non-hydrogen) atoms. The lowest BCUT2D eigenvalue weighted by Gasteiger charge is -2.32. The molecule has 2 atom stereocenters. The van der Waals surface area contributed by atoms with E-state index in [0.29, 0.717) is 0 Å². The lowest BCUT2D eigenvalue weighted by molar-refractivity contribution is 0.411. The molecule has 1 aliphatic heterocycles. The van der Waals surface area contributed by atoms with Crippen molar-refractivity contribution in [2.75, 3.05) is 0 Å². The van der Waals surface area contributed by atoms with Crippen molar-refractivity contribution in [3.8, 4) is 16.8 Å². The van der Waals surface area contributed by atoms with Gasteiger partial charge >= 0.3 is 0 Å². The molecule has 2 unspecified atom stereocenters. The van der Waals surface area contributed by atoms with Crippen molar-refractivity contribution in [3.05, 3.63) is 192 Å². The van der Waals surface area contributed by atoms with E-state index in [2.05, 4.69) is 185 Å². The average molecular weight is 769 g/mol. The SMILES string of the molecule is C1=Cc2c(c3ccccc3n2-c2cccc3c2sc2c(-c4ccc5c(c4)sc4c(C6NC(c7ccccc7)=NC(c7ccccc7)N6)cccc45)cccc23)CC1. The average Bonchev–Trinajstić information content (AvgIpc) is 3.96. The molecule has 2 aliphatic rings. The number of nitrogens with zero attached hydrogens (tertiary/aromatic N) is 2. The standard InChI is InChI=1S/C51H36N4S2/c1-3-14-31(15-4-1)49-52-50(32-16-5-2-6-17-32)54-51(53-49)41-24-12-21-38-37-29-28-33(30-45(37)56-47(38)41)34-20-11-22-39-40-23-13-27-44(48(40)57-46(34)39)55-42-25-9-7-18-35(42)36-19-8-10-26-43(36)55/h1-7,9-18,20-30,49,51,53H,8,19H2,(H,52,54). The van der Waals surface area contributed by atoms with Gasteiger partial charge in [0.1, 0.15) is 18.2 Å². The van der Waals surface area contributed by atoms with Crippen molar-refractivity contribution < 1.29 is 0 Å². The number of fused-ring (bicyclic) bond motifs is 9. The summed E-state index contributed by atoms with van der Waals surface area (Å²) >= 11 is 3.81. The lowest BCUT2D eigenvalue weighted by Crippen LogP contribution is -2.45. The third-order valence-corrected chi connectivity index (χ3v) is 14.3. The summed E-state index contributed by atoms with van der Waals surface area (Å²) in [6.45, 7) is 0. The molecule has 0 fully saturated rings. The minimum atomic E-state index is -0.177. The number of allylic oxidation sites excluding steroid dienone is 1. The lowest BCUT2D eigenvalue weighted by atomic mass is 10.0. The molecule has 0 amide bonds. The first-order chi connectivity index (χ1) is 28.3. The highest BCUT2D eigenvalue weighted by Gasteiger charge is 2.28. The van der Waals surface area contributed by atoms with Crippen molar-refractivity contribution in [1.29, 1.82) is 0 Å². The van der Waals surface area contributed by atoms with Crippen LogP contribution in [0.25, 0.3) is 74.1 Å². The van der Waals surface area contributed by atoms with E-state index in [1.54, 1.807) is 0 Å². The Morgan fingerprint density at radius 3 is 2.21 bits per heavy atom. The zero-order valence-corrected chi connectivity index (χ0v) is 32.6. The van der Waals surface area contributed by atoms with Gasteiger partial charge in [-0.05, 0) is 59.4 Å². The van der Waals surface area contributed by atoms with E-state index < -0.39 is 0 Å². The molecule has 0 saturated heterocycles. The number of amidine groups is 1. The second-order valence-corrected chi connectivity index (χ2v) is 17.1. The van der Waals surface area contributed by atoms with E-state index in [-0.39, 0.29) is 12.3 Å². The van der Waals surface area contributed by atoms with Crippen molar-refractivity contribution in [2.45, 2.75) is 25.2 Å². The maximum absolute atomic E-state index is 5.15. The van der Waals surface area contributed by atoms with E-state index in [1.807, 2.05) is 22.7 Å². The zero-order valence-electron chi connectivity index (χ0n) is 30.9.